The molecule has 15 heavy (non-hydrogen) atoms. The quantitative estimate of drug-likeness (QED) is 0.765. The van der Waals surface area contributed by atoms with Crippen molar-refractivity contribution in [1.82, 2.24) is 0 Å². The number of carboxylic acids is 1. The van der Waals surface area contributed by atoms with Gasteiger partial charge in [-0.15, -0.1) is 0 Å². The first-order valence-corrected chi connectivity index (χ1v) is 4.82. The van der Waals surface area contributed by atoms with Crippen LogP contribution in [0, 0.1) is 6.92 Å². The van der Waals surface area contributed by atoms with E-state index in [1.165, 1.54) is 6.07 Å². The molecule has 80 valence electrons. The van der Waals surface area contributed by atoms with E-state index in [9.17, 15) is 4.79 Å². The van der Waals surface area contributed by atoms with Crippen LogP contribution in [0.3, 0.4) is 0 Å². The van der Waals surface area contributed by atoms with Crippen molar-refractivity contribution in [3.63, 3.8) is 0 Å². The summed E-state index contributed by atoms with van der Waals surface area (Å²) in [6.45, 7) is 2.92. The molecule has 0 aliphatic carbocycles. The lowest BCUT2D eigenvalue weighted by Crippen LogP contribution is -2.01. The average molecular weight is 208 g/mol. The van der Waals surface area contributed by atoms with E-state index in [0.717, 1.165) is 6.42 Å². The van der Waals surface area contributed by atoms with Gasteiger partial charge in [0.2, 0.25) is 0 Å². The van der Waals surface area contributed by atoms with E-state index in [2.05, 4.69) is 0 Å². The van der Waals surface area contributed by atoms with Crippen LogP contribution in [0.4, 0.5) is 0 Å². The van der Waals surface area contributed by atoms with E-state index >= 15 is 0 Å². The lowest BCUT2D eigenvalue weighted by molar-refractivity contribution is 0.0695. The van der Waals surface area contributed by atoms with Crippen LogP contribution in [0.5, 0.6) is 11.5 Å². The van der Waals surface area contributed by atoms with Gasteiger partial charge >= 0.3 is 5.97 Å². The third-order valence-corrected chi connectivity index (χ3v) is 2.32. The second kappa shape index (κ2) is 3.81. The molecule has 1 aromatic rings. The average Bonchev–Trinajstić information content (AvgIpc) is 2.40. The first-order valence-electron chi connectivity index (χ1n) is 4.82. The highest BCUT2D eigenvalue weighted by Gasteiger charge is 2.16. The van der Waals surface area contributed by atoms with Crippen LogP contribution in [0.2, 0.25) is 0 Å². The summed E-state index contributed by atoms with van der Waals surface area (Å²) in [5.74, 6) is 0.216. The Bertz CT molecular complexity index is 398. The van der Waals surface area contributed by atoms with Crippen molar-refractivity contribution in [2.45, 2.75) is 13.3 Å². The van der Waals surface area contributed by atoms with Gasteiger partial charge < -0.3 is 14.6 Å². The molecule has 4 heteroatoms. The molecule has 0 unspecified atom stereocenters. The van der Waals surface area contributed by atoms with E-state index in [0.29, 0.717) is 30.3 Å². The molecule has 0 saturated carbocycles. The highest BCUT2D eigenvalue weighted by atomic mass is 16.5. The van der Waals surface area contributed by atoms with Gasteiger partial charge in [-0.2, -0.15) is 0 Å². The van der Waals surface area contributed by atoms with Crippen LogP contribution in [0.15, 0.2) is 12.1 Å². The molecule has 0 atom stereocenters. The van der Waals surface area contributed by atoms with E-state index in [-0.39, 0.29) is 5.56 Å². The summed E-state index contributed by atoms with van der Waals surface area (Å²) in [7, 11) is 0. The van der Waals surface area contributed by atoms with Gasteiger partial charge in [0.05, 0.1) is 18.8 Å². The molecular formula is C11H12O4. The summed E-state index contributed by atoms with van der Waals surface area (Å²) in [4.78, 5) is 10.9. The number of carboxylic acid groups (broad SMARTS) is 1. The van der Waals surface area contributed by atoms with Gasteiger partial charge in [-0.1, -0.05) is 0 Å². The summed E-state index contributed by atoms with van der Waals surface area (Å²) >= 11 is 0. The van der Waals surface area contributed by atoms with E-state index in [4.69, 9.17) is 14.6 Å². The SMILES string of the molecule is Cc1cc2c(cc1C(=O)O)OCCCO2. The molecule has 0 saturated heterocycles. The minimum atomic E-state index is -0.942. The molecule has 0 bridgehead atoms. The van der Waals surface area contributed by atoms with Crippen molar-refractivity contribution >= 4 is 5.97 Å². The molecule has 1 aliphatic heterocycles. The third kappa shape index (κ3) is 1.88. The molecule has 2 rings (SSSR count). The van der Waals surface area contributed by atoms with Crippen molar-refractivity contribution in [2.75, 3.05) is 13.2 Å². The fourth-order valence-corrected chi connectivity index (χ4v) is 1.54. The Balaban J connectivity index is 2.47. The Morgan fingerprint density at radius 2 is 1.87 bits per heavy atom. The summed E-state index contributed by atoms with van der Waals surface area (Å²) < 4.78 is 10.9. The fraction of sp³-hybridized carbons (Fsp3) is 0.364. The fourth-order valence-electron chi connectivity index (χ4n) is 1.54. The molecular weight excluding hydrogens is 196 g/mol. The molecule has 0 amide bonds. The smallest absolute Gasteiger partial charge is 0.336 e. The topological polar surface area (TPSA) is 55.8 Å². The standard InChI is InChI=1S/C11H12O4/c1-7-5-9-10(6-8(7)11(12)13)15-4-2-3-14-9/h5-6H,2-4H2,1H3,(H,12,13). The minimum Gasteiger partial charge on any atom is -0.490 e. The molecule has 1 heterocycles. The summed E-state index contributed by atoms with van der Waals surface area (Å²) in [6, 6.07) is 3.24. The van der Waals surface area contributed by atoms with Crippen molar-refractivity contribution in [3.05, 3.63) is 23.3 Å². The number of ether oxygens (including phenoxy) is 2. The largest absolute Gasteiger partial charge is 0.490 e. The maximum absolute atomic E-state index is 10.9. The molecule has 0 fully saturated rings. The van der Waals surface area contributed by atoms with Gasteiger partial charge in [0.1, 0.15) is 0 Å². The number of aryl methyl sites for hydroxylation is 1. The molecule has 4 nitrogen and oxygen atoms in total. The van der Waals surface area contributed by atoms with Crippen molar-refractivity contribution in [1.29, 1.82) is 0 Å². The van der Waals surface area contributed by atoms with E-state index in [1.807, 2.05) is 0 Å². The zero-order valence-electron chi connectivity index (χ0n) is 8.45. The van der Waals surface area contributed by atoms with E-state index in [1.54, 1.807) is 13.0 Å². The van der Waals surface area contributed by atoms with Gasteiger partial charge in [0, 0.05) is 6.42 Å². The monoisotopic (exact) mass is 208 g/mol. The Kier molecular flexibility index (Phi) is 2.49. The summed E-state index contributed by atoms with van der Waals surface area (Å²) in [5, 5.41) is 8.94. The lowest BCUT2D eigenvalue weighted by Gasteiger charge is -2.09. The Morgan fingerprint density at radius 1 is 1.27 bits per heavy atom. The molecule has 0 aromatic heterocycles. The van der Waals surface area contributed by atoms with Crippen LogP contribution < -0.4 is 9.47 Å². The maximum Gasteiger partial charge on any atom is 0.336 e. The van der Waals surface area contributed by atoms with E-state index < -0.39 is 5.97 Å². The molecule has 1 aromatic carbocycles. The van der Waals surface area contributed by atoms with Crippen LogP contribution in [0.25, 0.3) is 0 Å². The Morgan fingerprint density at radius 3 is 2.47 bits per heavy atom. The predicted molar refractivity (Wildman–Crippen MR) is 53.7 cm³/mol. The third-order valence-electron chi connectivity index (χ3n) is 2.32. The zero-order valence-corrected chi connectivity index (χ0v) is 8.45. The number of aromatic carboxylic acids is 1. The first kappa shape index (κ1) is 9.83. The van der Waals surface area contributed by atoms with Crippen molar-refractivity contribution < 1.29 is 19.4 Å². The lowest BCUT2D eigenvalue weighted by atomic mass is 10.1. The molecule has 1 aliphatic rings. The van der Waals surface area contributed by atoms with Gasteiger partial charge in [0.15, 0.2) is 11.5 Å². The number of hydrogen-bond acceptors (Lipinski definition) is 3. The van der Waals surface area contributed by atoms with Gasteiger partial charge in [0.25, 0.3) is 0 Å². The zero-order chi connectivity index (χ0) is 10.8. The van der Waals surface area contributed by atoms with Gasteiger partial charge in [-0.25, -0.2) is 4.79 Å². The summed E-state index contributed by atoms with van der Waals surface area (Å²) in [6.07, 6.45) is 0.816. The molecule has 1 N–H and O–H groups in total. The van der Waals surface area contributed by atoms with Crippen molar-refractivity contribution in [3.8, 4) is 11.5 Å². The van der Waals surface area contributed by atoms with Crippen LogP contribution >= 0.6 is 0 Å². The van der Waals surface area contributed by atoms with Gasteiger partial charge in [-0.3, -0.25) is 0 Å². The molecule has 0 radical (unpaired) electrons. The van der Waals surface area contributed by atoms with Crippen molar-refractivity contribution in [2.24, 2.45) is 0 Å². The number of carbonyl (C=O) groups is 1. The number of hydrogen-bond donors (Lipinski definition) is 1. The number of benzene rings is 1. The summed E-state index contributed by atoms with van der Waals surface area (Å²) in [5.41, 5.74) is 0.950. The normalized spacial score (nSPS) is 14.5. The molecule has 0 spiro atoms. The number of rotatable bonds is 1. The minimum absolute atomic E-state index is 0.263. The number of fused-ring (bicyclic) bond motifs is 1. The van der Waals surface area contributed by atoms with Crippen LogP contribution in [-0.2, 0) is 0 Å². The second-order valence-electron chi connectivity index (χ2n) is 3.47. The van der Waals surface area contributed by atoms with Gasteiger partial charge in [-0.05, 0) is 24.6 Å². The van der Waals surface area contributed by atoms with Crippen LogP contribution in [-0.4, -0.2) is 24.3 Å². The predicted octanol–water partition coefficient (Wildman–Crippen LogP) is 1.85. The highest BCUT2D eigenvalue weighted by molar-refractivity contribution is 5.90. The first-order chi connectivity index (χ1) is 7.18. The van der Waals surface area contributed by atoms with Crippen LogP contribution in [0.1, 0.15) is 22.3 Å². The Hall–Kier alpha value is -1.71. The maximum atomic E-state index is 10.9. The Labute approximate surface area is 87.4 Å². The highest BCUT2D eigenvalue weighted by Crippen LogP contribution is 2.32. The second-order valence-corrected chi connectivity index (χ2v) is 3.47.